The summed E-state index contributed by atoms with van der Waals surface area (Å²) in [6.07, 6.45) is 1.91. The lowest BCUT2D eigenvalue weighted by Crippen LogP contribution is -2.46. The summed E-state index contributed by atoms with van der Waals surface area (Å²) in [5.41, 5.74) is 3.86. The molecule has 1 unspecified atom stereocenters. The Kier molecular flexibility index (Phi) is 5.88. The van der Waals surface area contributed by atoms with Gasteiger partial charge in [-0.25, -0.2) is 9.67 Å². The lowest BCUT2D eigenvalue weighted by Gasteiger charge is -2.25. The van der Waals surface area contributed by atoms with Crippen LogP contribution in [-0.2, 0) is 30.9 Å². The number of hydrogen-bond donors (Lipinski definition) is 2. The number of nitrogens with one attached hydrogen (secondary N) is 2. The minimum atomic E-state index is 0.282. The van der Waals surface area contributed by atoms with Crippen molar-refractivity contribution in [2.75, 3.05) is 14.2 Å². The Balaban J connectivity index is 1.56. The summed E-state index contributed by atoms with van der Waals surface area (Å²) >= 11 is 0. The summed E-state index contributed by atoms with van der Waals surface area (Å²) in [6.45, 7) is 6.26. The fraction of sp³-hybridized carbons (Fsp3) is 0.526. The first-order valence-electron chi connectivity index (χ1n) is 9.04. The summed E-state index contributed by atoms with van der Waals surface area (Å²) in [6, 6.07) is 6.80. The minimum Gasteiger partial charge on any atom is -0.377 e. The van der Waals surface area contributed by atoms with Crippen LogP contribution >= 0.6 is 0 Å². The highest BCUT2D eigenvalue weighted by Gasteiger charge is 2.22. The highest BCUT2D eigenvalue weighted by molar-refractivity contribution is 5.80. The summed E-state index contributed by atoms with van der Waals surface area (Å²) in [7, 11) is 3.47. The van der Waals surface area contributed by atoms with Gasteiger partial charge in [0.15, 0.2) is 11.8 Å². The molecule has 1 aromatic heterocycles. The standard InChI is InChI=1S/C19H28N6O/c1-13-5-6-15(14(2)9-13)10-21-19(20-3)22-16-7-8-18-23-17(12-26-4)24-25(18)11-16/h5-6,9,16H,7-8,10-12H2,1-4H3,(H2,20,21,22). The van der Waals surface area contributed by atoms with Crippen molar-refractivity contribution in [3.63, 3.8) is 0 Å². The Morgan fingerprint density at radius 1 is 1.38 bits per heavy atom. The summed E-state index contributed by atoms with van der Waals surface area (Å²) in [4.78, 5) is 8.88. The number of methoxy groups -OCH3 is 1. The number of guanidine groups is 1. The Bertz CT molecular complexity index is 782. The van der Waals surface area contributed by atoms with E-state index in [4.69, 9.17) is 4.74 Å². The molecule has 2 N–H and O–H groups in total. The van der Waals surface area contributed by atoms with Gasteiger partial charge in [-0.2, -0.15) is 5.10 Å². The van der Waals surface area contributed by atoms with Crippen LogP contribution in [0, 0.1) is 13.8 Å². The number of nitrogens with zero attached hydrogens (tertiary/aromatic N) is 4. The van der Waals surface area contributed by atoms with E-state index in [0.29, 0.717) is 6.61 Å². The molecular weight excluding hydrogens is 328 g/mol. The van der Waals surface area contributed by atoms with Crippen LogP contribution in [0.15, 0.2) is 23.2 Å². The van der Waals surface area contributed by atoms with Gasteiger partial charge in [-0.05, 0) is 31.4 Å². The number of benzene rings is 1. The van der Waals surface area contributed by atoms with Crippen LogP contribution in [0.2, 0.25) is 0 Å². The molecule has 26 heavy (non-hydrogen) atoms. The van der Waals surface area contributed by atoms with E-state index >= 15 is 0 Å². The first-order valence-corrected chi connectivity index (χ1v) is 9.04. The smallest absolute Gasteiger partial charge is 0.191 e. The second-order valence-electron chi connectivity index (χ2n) is 6.80. The Labute approximate surface area is 154 Å². The topological polar surface area (TPSA) is 76.4 Å². The van der Waals surface area contributed by atoms with Crippen molar-refractivity contribution in [2.24, 2.45) is 4.99 Å². The summed E-state index contributed by atoms with van der Waals surface area (Å²) in [5.74, 6) is 2.60. The van der Waals surface area contributed by atoms with Crippen LogP contribution in [0.5, 0.6) is 0 Å². The number of rotatable bonds is 5. The van der Waals surface area contributed by atoms with Crippen LogP contribution in [0.25, 0.3) is 0 Å². The van der Waals surface area contributed by atoms with Gasteiger partial charge in [-0.15, -0.1) is 0 Å². The molecule has 7 nitrogen and oxygen atoms in total. The monoisotopic (exact) mass is 356 g/mol. The lowest BCUT2D eigenvalue weighted by molar-refractivity contribution is 0.177. The number of aryl methyl sites for hydroxylation is 3. The predicted molar refractivity (Wildman–Crippen MR) is 102 cm³/mol. The SMILES string of the molecule is CN=C(NCc1ccc(C)cc1C)NC1CCc2nc(COC)nn2C1. The van der Waals surface area contributed by atoms with Gasteiger partial charge in [0.25, 0.3) is 0 Å². The van der Waals surface area contributed by atoms with E-state index in [9.17, 15) is 0 Å². The number of ether oxygens (including phenoxy) is 1. The van der Waals surface area contributed by atoms with Crippen molar-refractivity contribution in [3.8, 4) is 0 Å². The van der Waals surface area contributed by atoms with Crippen molar-refractivity contribution in [1.29, 1.82) is 0 Å². The summed E-state index contributed by atoms with van der Waals surface area (Å²) < 4.78 is 7.10. The van der Waals surface area contributed by atoms with Crippen molar-refractivity contribution >= 4 is 5.96 Å². The van der Waals surface area contributed by atoms with E-state index in [2.05, 4.69) is 57.8 Å². The average molecular weight is 356 g/mol. The fourth-order valence-electron chi connectivity index (χ4n) is 3.28. The maximum Gasteiger partial charge on any atom is 0.191 e. The second kappa shape index (κ2) is 8.31. The first-order chi connectivity index (χ1) is 12.6. The first kappa shape index (κ1) is 18.4. The molecule has 0 radical (unpaired) electrons. The van der Waals surface area contributed by atoms with E-state index in [-0.39, 0.29) is 6.04 Å². The Morgan fingerprint density at radius 2 is 2.23 bits per heavy atom. The molecule has 0 saturated heterocycles. The average Bonchev–Trinajstić information content (AvgIpc) is 3.01. The van der Waals surface area contributed by atoms with Crippen molar-refractivity contribution in [2.45, 2.75) is 52.4 Å². The van der Waals surface area contributed by atoms with Gasteiger partial charge in [0.1, 0.15) is 12.4 Å². The zero-order valence-corrected chi connectivity index (χ0v) is 16.0. The van der Waals surface area contributed by atoms with Gasteiger partial charge in [0, 0.05) is 33.2 Å². The molecule has 1 aromatic carbocycles. The molecule has 1 atom stereocenters. The molecule has 0 bridgehead atoms. The molecule has 2 heterocycles. The Hall–Kier alpha value is -2.41. The van der Waals surface area contributed by atoms with Crippen LogP contribution in [0.1, 0.15) is 34.8 Å². The molecule has 0 aliphatic carbocycles. The van der Waals surface area contributed by atoms with Crippen LogP contribution in [-0.4, -0.2) is 40.9 Å². The quantitative estimate of drug-likeness (QED) is 0.630. The normalized spacial score (nSPS) is 17.1. The third kappa shape index (κ3) is 4.40. The second-order valence-corrected chi connectivity index (χ2v) is 6.80. The van der Waals surface area contributed by atoms with E-state index in [0.717, 1.165) is 43.5 Å². The maximum atomic E-state index is 5.12. The van der Waals surface area contributed by atoms with Gasteiger partial charge in [-0.3, -0.25) is 4.99 Å². The molecule has 3 rings (SSSR count). The zero-order chi connectivity index (χ0) is 18.5. The van der Waals surface area contributed by atoms with Crippen LogP contribution < -0.4 is 10.6 Å². The van der Waals surface area contributed by atoms with E-state index in [1.54, 1.807) is 14.2 Å². The van der Waals surface area contributed by atoms with Gasteiger partial charge in [-0.1, -0.05) is 23.8 Å². The van der Waals surface area contributed by atoms with Crippen LogP contribution in [0.3, 0.4) is 0 Å². The molecular formula is C19H28N6O. The lowest BCUT2D eigenvalue weighted by atomic mass is 10.1. The predicted octanol–water partition coefficient (Wildman–Crippen LogP) is 1.72. The van der Waals surface area contributed by atoms with Gasteiger partial charge in [0.05, 0.1) is 6.54 Å². The largest absolute Gasteiger partial charge is 0.377 e. The Morgan fingerprint density at radius 3 is 2.96 bits per heavy atom. The third-order valence-corrected chi connectivity index (χ3v) is 4.68. The molecule has 0 fully saturated rings. The van der Waals surface area contributed by atoms with E-state index < -0.39 is 0 Å². The highest BCUT2D eigenvalue weighted by atomic mass is 16.5. The van der Waals surface area contributed by atoms with E-state index in [1.165, 1.54) is 16.7 Å². The molecule has 0 spiro atoms. The van der Waals surface area contributed by atoms with E-state index in [1.807, 2.05) is 4.68 Å². The molecule has 140 valence electrons. The van der Waals surface area contributed by atoms with Gasteiger partial charge in [0.2, 0.25) is 0 Å². The van der Waals surface area contributed by atoms with Gasteiger partial charge >= 0.3 is 0 Å². The van der Waals surface area contributed by atoms with Crippen molar-refractivity contribution < 1.29 is 4.74 Å². The molecule has 7 heteroatoms. The maximum absolute atomic E-state index is 5.12. The van der Waals surface area contributed by atoms with Crippen molar-refractivity contribution in [3.05, 3.63) is 46.5 Å². The highest BCUT2D eigenvalue weighted by Crippen LogP contribution is 2.14. The molecule has 0 saturated carbocycles. The number of aliphatic imine (C=N–C) groups is 1. The van der Waals surface area contributed by atoms with Crippen LogP contribution in [0.4, 0.5) is 0 Å². The number of aromatic nitrogens is 3. The fourth-order valence-corrected chi connectivity index (χ4v) is 3.28. The molecule has 1 aliphatic heterocycles. The molecule has 1 aliphatic rings. The molecule has 0 amide bonds. The summed E-state index contributed by atoms with van der Waals surface area (Å²) in [5, 5.41) is 11.4. The van der Waals surface area contributed by atoms with Gasteiger partial charge < -0.3 is 15.4 Å². The molecule has 2 aromatic rings. The van der Waals surface area contributed by atoms with Crippen molar-refractivity contribution in [1.82, 2.24) is 25.4 Å². The minimum absolute atomic E-state index is 0.282. The number of fused-ring (bicyclic) bond motifs is 1. The number of hydrogen-bond acceptors (Lipinski definition) is 4. The third-order valence-electron chi connectivity index (χ3n) is 4.68. The zero-order valence-electron chi connectivity index (χ0n) is 16.0.